The summed E-state index contributed by atoms with van der Waals surface area (Å²) in [5.74, 6) is -1.10. The number of benzene rings is 4. The van der Waals surface area contributed by atoms with E-state index < -0.39 is 39.4 Å². The van der Waals surface area contributed by atoms with Gasteiger partial charge in [-0.15, -0.1) is 0 Å². The summed E-state index contributed by atoms with van der Waals surface area (Å²) < 4.78 is 51.4. The lowest BCUT2D eigenvalue weighted by atomic mass is 9.86. The standard InChI is InChI=1S/C33H39BrFN3O3Si.C33H40FN3O3Si/c1-32(2,3)20-13-19-18-36-38(31(40)29(19)26(35)14-20)27-12-10-11-22-23(27)15-21(41-42(8,9)33(4,5)6)16-28-24(22)17-25(34)30(39)37(28)7;1-32(2,3)21-15-20-19-35-37(31(39)30(20)26(34)16-21)27-12-10-11-23-24-13-14-29(38)36(7)28(24)18-22(17-25(23)27)40-41(8,9)33(4,5)6/h10-14,17-18,21H,15-16H2,1-9H3;10-16,19,22H,17-18H2,1-9H3. The molecule has 12 nitrogen and oxygen atoms in total. The van der Waals surface area contributed by atoms with E-state index in [1.807, 2.05) is 102 Å². The van der Waals surface area contributed by atoms with Gasteiger partial charge in [0.05, 0.1) is 51.2 Å². The molecule has 17 heteroatoms. The van der Waals surface area contributed by atoms with Crippen LogP contribution in [-0.4, -0.2) is 57.5 Å². The Labute approximate surface area is 495 Å². The van der Waals surface area contributed by atoms with Gasteiger partial charge in [-0.25, -0.2) is 8.78 Å². The predicted molar refractivity (Wildman–Crippen MR) is 340 cm³/mol. The third kappa shape index (κ3) is 11.6. The molecule has 2 aliphatic rings. The lowest BCUT2D eigenvalue weighted by Gasteiger charge is -2.39. The quantitative estimate of drug-likeness (QED) is 0.150. The molecule has 0 saturated heterocycles. The van der Waals surface area contributed by atoms with Crippen LogP contribution in [0.4, 0.5) is 8.78 Å². The highest BCUT2D eigenvalue weighted by Crippen LogP contribution is 2.44. The molecule has 0 N–H and O–H groups in total. The van der Waals surface area contributed by atoms with Crippen molar-refractivity contribution in [3.8, 4) is 33.6 Å². The summed E-state index contributed by atoms with van der Waals surface area (Å²) in [7, 11) is -0.802. The zero-order valence-electron chi connectivity index (χ0n) is 51.4. The molecule has 4 aromatic heterocycles. The van der Waals surface area contributed by atoms with Gasteiger partial charge in [-0.2, -0.15) is 19.6 Å². The van der Waals surface area contributed by atoms with Gasteiger partial charge >= 0.3 is 0 Å². The summed E-state index contributed by atoms with van der Waals surface area (Å²) in [6, 6.07) is 23.4. The molecule has 4 aromatic carbocycles. The van der Waals surface area contributed by atoms with Crippen LogP contribution in [0, 0.1) is 11.6 Å². The number of pyridine rings is 2. The van der Waals surface area contributed by atoms with Crippen molar-refractivity contribution in [3.05, 3.63) is 182 Å². The predicted octanol–water partition coefficient (Wildman–Crippen LogP) is 14.1. The first-order chi connectivity index (χ1) is 38.4. The number of fused-ring (bicyclic) bond motifs is 8. The van der Waals surface area contributed by atoms with Gasteiger partial charge < -0.3 is 18.0 Å². The third-order valence-electron chi connectivity index (χ3n) is 17.9. The maximum absolute atomic E-state index is 15.5. The molecule has 0 bridgehead atoms. The van der Waals surface area contributed by atoms with Crippen molar-refractivity contribution < 1.29 is 17.6 Å². The molecule has 0 aliphatic heterocycles. The van der Waals surface area contributed by atoms with E-state index in [2.05, 4.69) is 93.9 Å². The Morgan fingerprint density at radius 1 is 0.518 bits per heavy atom. The third-order valence-corrected chi connectivity index (χ3v) is 27.6. The highest BCUT2D eigenvalue weighted by Gasteiger charge is 2.42. The fourth-order valence-corrected chi connectivity index (χ4v) is 14.1. The number of rotatable bonds is 6. The molecule has 0 fully saturated rings. The van der Waals surface area contributed by atoms with E-state index in [-0.39, 0.29) is 55.0 Å². The van der Waals surface area contributed by atoms with E-state index in [4.69, 9.17) is 8.85 Å². The minimum absolute atomic E-state index is 0.00662. The van der Waals surface area contributed by atoms with Gasteiger partial charge in [0, 0.05) is 79.1 Å². The van der Waals surface area contributed by atoms with Crippen LogP contribution in [-0.2, 0) is 59.5 Å². The molecule has 0 saturated carbocycles. The Morgan fingerprint density at radius 2 is 0.928 bits per heavy atom. The van der Waals surface area contributed by atoms with Crippen LogP contribution < -0.4 is 22.2 Å². The second-order valence-corrected chi connectivity index (χ2v) is 38.2. The fourth-order valence-electron chi connectivity index (χ4n) is 10.9. The molecule has 0 radical (unpaired) electrons. The van der Waals surface area contributed by atoms with Crippen molar-refractivity contribution in [3.63, 3.8) is 0 Å². The van der Waals surface area contributed by atoms with Crippen molar-refractivity contribution in [2.75, 3.05) is 0 Å². The normalized spacial score (nSPS) is 15.9. The molecule has 438 valence electrons. The topological polar surface area (TPSA) is 132 Å². The lowest BCUT2D eigenvalue weighted by Crippen LogP contribution is -2.45. The van der Waals surface area contributed by atoms with Crippen LogP contribution in [0.3, 0.4) is 0 Å². The summed E-state index contributed by atoms with van der Waals surface area (Å²) in [4.78, 5) is 53.4. The van der Waals surface area contributed by atoms with Gasteiger partial charge in [0.25, 0.3) is 16.7 Å². The van der Waals surface area contributed by atoms with E-state index in [0.717, 1.165) is 55.9 Å². The maximum atomic E-state index is 15.5. The Hall–Kier alpha value is -6.25. The average molecular weight is 1230 g/mol. The van der Waals surface area contributed by atoms with Gasteiger partial charge in [-0.05, 0) is 145 Å². The van der Waals surface area contributed by atoms with E-state index in [9.17, 15) is 19.2 Å². The van der Waals surface area contributed by atoms with Crippen molar-refractivity contribution in [2.24, 2.45) is 14.1 Å². The van der Waals surface area contributed by atoms with Gasteiger partial charge in [0.2, 0.25) is 5.56 Å². The summed E-state index contributed by atoms with van der Waals surface area (Å²) in [5.41, 5.74) is 8.26. The highest BCUT2D eigenvalue weighted by atomic mass is 79.9. The Balaban J connectivity index is 0.000000200. The minimum atomic E-state index is -2.20. The van der Waals surface area contributed by atoms with E-state index >= 15 is 8.78 Å². The smallest absolute Gasteiger partial charge is 0.282 e. The Morgan fingerprint density at radius 3 is 1.34 bits per heavy atom. The Bertz CT molecular complexity index is 4170. The summed E-state index contributed by atoms with van der Waals surface area (Å²) >= 11 is 3.46. The molecule has 83 heavy (non-hydrogen) atoms. The molecule has 2 unspecified atom stereocenters. The van der Waals surface area contributed by atoms with Crippen LogP contribution in [0.5, 0.6) is 0 Å². The fraction of sp³-hybridized carbons (Fsp3) is 0.424. The van der Waals surface area contributed by atoms with E-state index in [1.165, 1.54) is 21.5 Å². The molecule has 2 atom stereocenters. The van der Waals surface area contributed by atoms with Gasteiger partial charge in [0.15, 0.2) is 16.6 Å². The molecule has 8 aromatic rings. The van der Waals surface area contributed by atoms with Crippen LogP contribution >= 0.6 is 15.9 Å². The SMILES string of the molecule is Cn1c2c(cc(Br)c1=O)-c1cccc(-n3ncc4cc(C(C)(C)C)cc(F)c4c3=O)c1CC(O[Si](C)(C)C(C)(C)C)C2.Cn1c2c(ccc1=O)-c1cccc(-n3ncc4cc(C(C)(C)C)cc(F)c4c3=O)c1CC(O[Si](C)(C)C(C)(C)C)C2. The van der Waals surface area contributed by atoms with Gasteiger partial charge in [-0.3, -0.25) is 19.2 Å². The number of aromatic nitrogens is 6. The zero-order valence-corrected chi connectivity index (χ0v) is 55.0. The first-order valence-corrected chi connectivity index (χ1v) is 35.1. The second-order valence-electron chi connectivity index (χ2n) is 27.8. The molecule has 0 amide bonds. The molecule has 0 spiro atoms. The maximum Gasteiger partial charge on any atom is 0.282 e. The molecule has 10 rings (SSSR count). The first kappa shape index (κ1) is 61.3. The van der Waals surface area contributed by atoms with Crippen molar-refractivity contribution in [1.29, 1.82) is 0 Å². The van der Waals surface area contributed by atoms with Gasteiger partial charge in [-0.1, -0.05) is 107 Å². The summed E-state index contributed by atoms with van der Waals surface area (Å²) in [6.07, 6.45) is 4.84. The molecule has 2 aliphatic carbocycles. The largest absolute Gasteiger partial charge is 0.413 e. The average Bonchev–Trinajstić information content (AvgIpc) is 2.93. The number of nitrogens with zero attached hydrogens (tertiary/aromatic N) is 6. The number of hydrogen-bond acceptors (Lipinski definition) is 8. The van der Waals surface area contributed by atoms with Crippen molar-refractivity contribution in [1.82, 2.24) is 28.7 Å². The van der Waals surface area contributed by atoms with Crippen LogP contribution in [0.1, 0.15) is 117 Å². The molecular formula is C66H79BrF2N6O6Si2. The lowest BCUT2D eigenvalue weighted by molar-refractivity contribution is 0.179. The molecule has 4 heterocycles. The summed E-state index contributed by atoms with van der Waals surface area (Å²) in [5, 5.41) is 10.1. The second kappa shape index (κ2) is 21.7. The number of hydrogen-bond donors (Lipinski definition) is 0. The van der Waals surface area contributed by atoms with E-state index in [1.54, 1.807) is 41.7 Å². The first-order valence-electron chi connectivity index (χ1n) is 28.5. The van der Waals surface area contributed by atoms with Crippen molar-refractivity contribution >= 4 is 54.1 Å². The van der Waals surface area contributed by atoms with Gasteiger partial charge in [0.1, 0.15) is 11.6 Å². The Kier molecular flexibility index (Phi) is 16.0. The minimum Gasteiger partial charge on any atom is -0.413 e. The zero-order chi connectivity index (χ0) is 61.0. The van der Waals surface area contributed by atoms with Crippen LogP contribution in [0.25, 0.3) is 55.2 Å². The van der Waals surface area contributed by atoms with Crippen LogP contribution in [0.2, 0.25) is 36.3 Å². The summed E-state index contributed by atoms with van der Waals surface area (Å²) in [6.45, 7) is 34.2. The number of halogens is 3. The van der Waals surface area contributed by atoms with E-state index in [0.29, 0.717) is 52.3 Å². The van der Waals surface area contributed by atoms with Crippen LogP contribution in [0.15, 0.2) is 115 Å². The highest BCUT2D eigenvalue weighted by molar-refractivity contribution is 9.10. The monoisotopic (exact) mass is 1220 g/mol. The molecular weight excluding hydrogens is 1150 g/mol. The van der Waals surface area contributed by atoms with Crippen molar-refractivity contribution in [2.45, 2.75) is 168 Å².